The third-order valence-corrected chi connectivity index (χ3v) is 5.61. The summed E-state index contributed by atoms with van der Waals surface area (Å²) < 4.78 is 58.6. The van der Waals surface area contributed by atoms with Crippen molar-refractivity contribution in [3.63, 3.8) is 0 Å². The fourth-order valence-electron chi connectivity index (χ4n) is 2.74. The van der Waals surface area contributed by atoms with E-state index in [9.17, 15) is 22.0 Å². The first-order valence-corrected chi connectivity index (χ1v) is 10.4. The Morgan fingerprint density at radius 3 is 2.52 bits per heavy atom. The van der Waals surface area contributed by atoms with Crippen molar-refractivity contribution < 1.29 is 26.7 Å². The molecule has 0 unspecified atom stereocenters. The summed E-state index contributed by atoms with van der Waals surface area (Å²) >= 11 is 0. The van der Waals surface area contributed by atoms with Gasteiger partial charge in [-0.1, -0.05) is 18.2 Å². The SMILES string of the molecule is COCCN(CC(F)F)C(=O)c1cc(S(=O)(=O)Nc2cccc(C)c2)ccc1C. The maximum absolute atomic E-state index is 12.9. The number of carbonyl (C=O) groups is 1. The van der Waals surface area contributed by atoms with Crippen molar-refractivity contribution >= 4 is 21.6 Å². The summed E-state index contributed by atoms with van der Waals surface area (Å²) in [5.74, 6) is -0.674. The van der Waals surface area contributed by atoms with Crippen LogP contribution in [0, 0.1) is 13.8 Å². The van der Waals surface area contributed by atoms with E-state index in [0.29, 0.717) is 11.3 Å². The third-order valence-electron chi connectivity index (χ3n) is 4.23. The summed E-state index contributed by atoms with van der Waals surface area (Å²) in [6, 6.07) is 10.9. The Labute approximate surface area is 169 Å². The van der Waals surface area contributed by atoms with Crippen LogP contribution in [0.5, 0.6) is 0 Å². The van der Waals surface area contributed by atoms with Gasteiger partial charge in [-0.05, 0) is 49.2 Å². The minimum absolute atomic E-state index is 0.0301. The molecule has 158 valence electrons. The molecule has 6 nitrogen and oxygen atoms in total. The number of amides is 1. The van der Waals surface area contributed by atoms with Gasteiger partial charge >= 0.3 is 0 Å². The van der Waals surface area contributed by atoms with Gasteiger partial charge < -0.3 is 9.64 Å². The van der Waals surface area contributed by atoms with E-state index in [1.54, 1.807) is 25.1 Å². The van der Waals surface area contributed by atoms with Crippen molar-refractivity contribution in [2.45, 2.75) is 25.2 Å². The average molecular weight is 426 g/mol. The van der Waals surface area contributed by atoms with Crippen LogP contribution in [-0.2, 0) is 14.8 Å². The number of hydrogen-bond acceptors (Lipinski definition) is 4. The quantitative estimate of drug-likeness (QED) is 0.666. The molecule has 0 fully saturated rings. The Kier molecular flexibility index (Phi) is 7.69. The van der Waals surface area contributed by atoms with Crippen molar-refractivity contribution in [3.05, 3.63) is 59.2 Å². The predicted molar refractivity (Wildman–Crippen MR) is 107 cm³/mol. The summed E-state index contributed by atoms with van der Waals surface area (Å²) in [6.07, 6.45) is -2.72. The maximum Gasteiger partial charge on any atom is 0.261 e. The molecular formula is C20H24F2N2O4S. The lowest BCUT2D eigenvalue weighted by molar-refractivity contribution is 0.0477. The van der Waals surface area contributed by atoms with Gasteiger partial charge in [0.05, 0.1) is 18.0 Å². The molecule has 1 N–H and O–H groups in total. The zero-order valence-electron chi connectivity index (χ0n) is 16.5. The normalized spacial score (nSPS) is 11.5. The van der Waals surface area contributed by atoms with Crippen molar-refractivity contribution in [1.82, 2.24) is 4.90 Å². The Morgan fingerprint density at radius 1 is 1.17 bits per heavy atom. The number of nitrogens with one attached hydrogen (secondary N) is 1. The van der Waals surface area contributed by atoms with E-state index in [1.807, 2.05) is 13.0 Å². The van der Waals surface area contributed by atoms with Gasteiger partial charge in [0.15, 0.2) is 0 Å². The molecule has 2 rings (SSSR count). The Balaban J connectivity index is 2.35. The first-order chi connectivity index (χ1) is 13.6. The van der Waals surface area contributed by atoms with Crippen LogP contribution in [0.2, 0.25) is 0 Å². The van der Waals surface area contributed by atoms with E-state index >= 15 is 0 Å². The van der Waals surface area contributed by atoms with Crippen LogP contribution in [0.3, 0.4) is 0 Å². The van der Waals surface area contributed by atoms with Gasteiger partial charge in [0, 0.05) is 24.9 Å². The number of halogens is 2. The highest BCUT2D eigenvalue weighted by molar-refractivity contribution is 7.92. The number of aryl methyl sites for hydroxylation is 2. The van der Waals surface area contributed by atoms with Crippen molar-refractivity contribution in [2.75, 3.05) is 31.5 Å². The lowest BCUT2D eigenvalue weighted by atomic mass is 10.1. The van der Waals surface area contributed by atoms with Crippen LogP contribution in [0.1, 0.15) is 21.5 Å². The lowest BCUT2D eigenvalue weighted by Gasteiger charge is -2.23. The minimum atomic E-state index is -3.96. The standard InChI is InChI=1S/C20H24F2N2O4S/c1-14-5-4-6-16(11-14)23-29(26,27)17-8-7-15(2)18(12-17)20(25)24(9-10-28-3)13-19(21)22/h4-8,11-12,19,23H,9-10,13H2,1-3H3. The van der Waals surface area contributed by atoms with Gasteiger partial charge in [-0.3, -0.25) is 9.52 Å². The molecule has 0 atom stereocenters. The van der Waals surface area contributed by atoms with E-state index in [4.69, 9.17) is 4.74 Å². The molecule has 0 bridgehead atoms. The first-order valence-electron chi connectivity index (χ1n) is 8.90. The van der Waals surface area contributed by atoms with Crippen molar-refractivity contribution in [3.8, 4) is 0 Å². The summed E-state index contributed by atoms with van der Waals surface area (Å²) in [5.41, 5.74) is 1.80. The number of carbonyl (C=O) groups excluding carboxylic acids is 1. The molecule has 0 saturated carbocycles. The number of benzene rings is 2. The van der Waals surface area contributed by atoms with Gasteiger partial charge in [-0.2, -0.15) is 0 Å². The fraction of sp³-hybridized carbons (Fsp3) is 0.350. The second-order valence-electron chi connectivity index (χ2n) is 6.59. The number of hydrogen-bond donors (Lipinski definition) is 1. The van der Waals surface area contributed by atoms with Crippen molar-refractivity contribution in [2.24, 2.45) is 0 Å². The number of sulfonamides is 1. The van der Waals surface area contributed by atoms with Gasteiger partial charge in [0.1, 0.15) is 0 Å². The zero-order valence-corrected chi connectivity index (χ0v) is 17.3. The van der Waals surface area contributed by atoms with Crippen LogP contribution in [0.25, 0.3) is 0 Å². The maximum atomic E-state index is 12.9. The summed E-state index contributed by atoms with van der Waals surface area (Å²) in [6.45, 7) is 2.74. The zero-order chi connectivity index (χ0) is 21.6. The lowest BCUT2D eigenvalue weighted by Crippen LogP contribution is -2.38. The van der Waals surface area contributed by atoms with Gasteiger partial charge in [0.2, 0.25) is 0 Å². The van der Waals surface area contributed by atoms with Crippen LogP contribution < -0.4 is 4.72 Å². The number of alkyl halides is 2. The van der Waals surface area contributed by atoms with E-state index < -0.39 is 28.9 Å². The van der Waals surface area contributed by atoms with Crippen LogP contribution >= 0.6 is 0 Å². The predicted octanol–water partition coefficient (Wildman–Crippen LogP) is 3.46. The molecule has 2 aromatic rings. The van der Waals surface area contributed by atoms with Crippen LogP contribution in [0.15, 0.2) is 47.4 Å². The summed E-state index contributed by atoms with van der Waals surface area (Å²) in [4.78, 5) is 13.6. The van der Waals surface area contributed by atoms with E-state index in [1.165, 1.54) is 25.3 Å². The Hall–Kier alpha value is -2.52. The van der Waals surface area contributed by atoms with E-state index in [-0.39, 0.29) is 23.6 Å². The Bertz CT molecular complexity index is 965. The molecule has 0 spiro atoms. The molecule has 0 aliphatic rings. The molecule has 0 aromatic heterocycles. The smallest absolute Gasteiger partial charge is 0.261 e. The highest BCUT2D eigenvalue weighted by atomic mass is 32.2. The van der Waals surface area contributed by atoms with E-state index in [0.717, 1.165) is 10.5 Å². The Morgan fingerprint density at radius 2 is 1.90 bits per heavy atom. The van der Waals surface area contributed by atoms with Crippen LogP contribution in [-0.4, -0.2) is 52.5 Å². The number of methoxy groups -OCH3 is 1. The molecule has 0 heterocycles. The average Bonchev–Trinajstić information content (AvgIpc) is 2.64. The largest absolute Gasteiger partial charge is 0.383 e. The summed E-state index contributed by atoms with van der Waals surface area (Å²) in [7, 11) is -2.56. The highest BCUT2D eigenvalue weighted by Crippen LogP contribution is 2.21. The topological polar surface area (TPSA) is 75.7 Å². The second-order valence-corrected chi connectivity index (χ2v) is 8.27. The molecule has 0 aliphatic carbocycles. The second kappa shape index (κ2) is 9.80. The van der Waals surface area contributed by atoms with E-state index in [2.05, 4.69) is 4.72 Å². The monoisotopic (exact) mass is 426 g/mol. The van der Waals surface area contributed by atoms with Crippen LogP contribution in [0.4, 0.5) is 14.5 Å². The van der Waals surface area contributed by atoms with Crippen molar-refractivity contribution in [1.29, 1.82) is 0 Å². The number of rotatable bonds is 9. The summed E-state index contributed by atoms with van der Waals surface area (Å²) in [5, 5.41) is 0. The molecule has 0 radical (unpaired) electrons. The highest BCUT2D eigenvalue weighted by Gasteiger charge is 2.23. The third kappa shape index (κ3) is 6.23. The molecule has 2 aromatic carbocycles. The molecular weight excluding hydrogens is 402 g/mol. The minimum Gasteiger partial charge on any atom is -0.383 e. The molecule has 0 aliphatic heterocycles. The van der Waals surface area contributed by atoms with Gasteiger partial charge in [-0.15, -0.1) is 0 Å². The molecule has 1 amide bonds. The molecule has 9 heteroatoms. The number of nitrogens with zero attached hydrogens (tertiary/aromatic N) is 1. The number of anilines is 1. The first kappa shape index (κ1) is 22.8. The van der Waals surface area contributed by atoms with Gasteiger partial charge in [-0.25, -0.2) is 17.2 Å². The molecule has 0 saturated heterocycles. The fourth-order valence-corrected chi connectivity index (χ4v) is 3.81. The molecule has 29 heavy (non-hydrogen) atoms. The van der Waals surface area contributed by atoms with Gasteiger partial charge in [0.25, 0.3) is 22.4 Å². The number of ether oxygens (including phenoxy) is 1.